The summed E-state index contributed by atoms with van der Waals surface area (Å²) in [6, 6.07) is 14.8. The number of hydrogen-bond acceptors (Lipinski definition) is 5. The molecule has 0 atom stereocenters. The highest BCUT2D eigenvalue weighted by molar-refractivity contribution is 5.98. The molecule has 4 rings (SSSR count). The second kappa shape index (κ2) is 10.4. The average molecular weight is 450 g/mol. The van der Waals surface area contributed by atoms with E-state index in [0.717, 1.165) is 47.6 Å². The molecular weight excluding hydrogens is 421 g/mol. The molecular formula is C26H28FN3O3. The van der Waals surface area contributed by atoms with Crippen LogP contribution in [0.25, 0.3) is 0 Å². The van der Waals surface area contributed by atoms with Gasteiger partial charge in [0.05, 0.1) is 7.11 Å². The molecule has 33 heavy (non-hydrogen) atoms. The number of aromatic nitrogens is 1. The minimum Gasteiger partial charge on any atom is -0.494 e. The van der Waals surface area contributed by atoms with Crippen molar-refractivity contribution in [2.24, 2.45) is 0 Å². The number of anilines is 2. The molecule has 0 bridgehead atoms. The highest BCUT2D eigenvalue weighted by atomic mass is 19.1. The smallest absolute Gasteiger partial charge is 0.251 e. The third-order valence-corrected chi connectivity index (χ3v) is 5.79. The summed E-state index contributed by atoms with van der Waals surface area (Å²) in [5.74, 6) is 0.623. The Balaban J connectivity index is 1.52. The molecule has 0 unspecified atom stereocenters. The maximum absolute atomic E-state index is 14.1. The molecule has 0 aliphatic carbocycles. The van der Waals surface area contributed by atoms with E-state index >= 15 is 0 Å². The number of nitrogens with zero attached hydrogens (tertiary/aromatic N) is 2. The standard InChI is InChI=1S/C26H28FN3O3/c1-32-14-4-11-29-26(31)21-5-3-6-23-20(21)10-13-30(23)25-17-19(9-12-28-25)15-18-7-8-24(33-2)22(27)16-18/h3,5-9,12,16-17H,4,10-11,13-15H2,1-2H3,(H,29,31). The van der Waals surface area contributed by atoms with E-state index in [-0.39, 0.29) is 17.5 Å². The van der Waals surface area contributed by atoms with E-state index in [2.05, 4.69) is 15.2 Å². The molecule has 1 N–H and O–H groups in total. The number of amides is 1. The zero-order chi connectivity index (χ0) is 23.2. The Kier molecular flexibility index (Phi) is 7.19. The summed E-state index contributed by atoms with van der Waals surface area (Å²) in [7, 11) is 3.11. The molecule has 172 valence electrons. The number of fused-ring (bicyclic) bond motifs is 1. The van der Waals surface area contributed by atoms with E-state index in [0.29, 0.717) is 25.1 Å². The quantitative estimate of drug-likeness (QED) is 0.494. The summed E-state index contributed by atoms with van der Waals surface area (Å²) < 4.78 is 24.1. The van der Waals surface area contributed by atoms with E-state index in [1.807, 2.05) is 36.4 Å². The molecule has 2 aromatic carbocycles. The zero-order valence-corrected chi connectivity index (χ0v) is 18.9. The fraction of sp³-hybridized carbons (Fsp3) is 0.308. The Morgan fingerprint density at radius 3 is 2.79 bits per heavy atom. The number of rotatable bonds is 9. The van der Waals surface area contributed by atoms with Crippen LogP contribution in [0.5, 0.6) is 5.75 Å². The molecule has 0 saturated carbocycles. The predicted molar refractivity (Wildman–Crippen MR) is 126 cm³/mol. The van der Waals surface area contributed by atoms with E-state index in [1.165, 1.54) is 13.2 Å². The van der Waals surface area contributed by atoms with Crippen LogP contribution >= 0.6 is 0 Å². The topological polar surface area (TPSA) is 63.7 Å². The number of pyridine rings is 1. The summed E-state index contributed by atoms with van der Waals surface area (Å²) in [5.41, 5.74) is 4.63. The van der Waals surface area contributed by atoms with Gasteiger partial charge in [0.25, 0.3) is 5.91 Å². The lowest BCUT2D eigenvalue weighted by Gasteiger charge is -2.19. The number of hydrogen-bond donors (Lipinski definition) is 1. The summed E-state index contributed by atoms with van der Waals surface area (Å²) in [6.45, 7) is 1.94. The fourth-order valence-corrected chi connectivity index (χ4v) is 4.17. The lowest BCUT2D eigenvalue weighted by molar-refractivity contribution is 0.0948. The molecule has 1 aliphatic rings. The number of carbonyl (C=O) groups excluding carboxylic acids is 1. The van der Waals surface area contributed by atoms with Crippen LogP contribution in [-0.4, -0.2) is 44.8 Å². The van der Waals surface area contributed by atoms with Gasteiger partial charge in [-0.15, -0.1) is 0 Å². The van der Waals surface area contributed by atoms with Gasteiger partial charge in [-0.1, -0.05) is 12.1 Å². The molecule has 0 spiro atoms. The number of ether oxygens (including phenoxy) is 2. The molecule has 6 nitrogen and oxygen atoms in total. The molecule has 0 fully saturated rings. The second-order valence-electron chi connectivity index (χ2n) is 7.98. The third-order valence-electron chi connectivity index (χ3n) is 5.79. The molecule has 0 radical (unpaired) electrons. The Bertz CT molecular complexity index is 1140. The zero-order valence-electron chi connectivity index (χ0n) is 18.9. The van der Waals surface area contributed by atoms with E-state index < -0.39 is 0 Å². The first kappa shape index (κ1) is 22.7. The van der Waals surface area contributed by atoms with Crippen LogP contribution in [-0.2, 0) is 17.6 Å². The van der Waals surface area contributed by atoms with Crippen LogP contribution in [0.4, 0.5) is 15.9 Å². The summed E-state index contributed by atoms with van der Waals surface area (Å²) in [4.78, 5) is 19.4. The third kappa shape index (κ3) is 5.14. The predicted octanol–water partition coefficient (Wildman–Crippen LogP) is 4.28. The monoisotopic (exact) mass is 449 g/mol. The van der Waals surface area contributed by atoms with Crippen molar-refractivity contribution in [2.75, 3.05) is 38.8 Å². The van der Waals surface area contributed by atoms with Gasteiger partial charge in [-0.05, 0) is 72.4 Å². The van der Waals surface area contributed by atoms with Crippen molar-refractivity contribution in [3.05, 3.63) is 82.8 Å². The highest BCUT2D eigenvalue weighted by Crippen LogP contribution is 2.36. The first-order chi connectivity index (χ1) is 16.1. The van der Waals surface area contributed by atoms with Gasteiger partial charge < -0.3 is 19.7 Å². The van der Waals surface area contributed by atoms with Gasteiger partial charge in [0.15, 0.2) is 11.6 Å². The van der Waals surface area contributed by atoms with Crippen molar-refractivity contribution in [1.29, 1.82) is 0 Å². The number of nitrogens with one attached hydrogen (secondary N) is 1. The van der Waals surface area contributed by atoms with Crippen LogP contribution in [0.1, 0.15) is 33.5 Å². The molecule has 1 amide bonds. The maximum atomic E-state index is 14.1. The molecule has 7 heteroatoms. The molecule has 2 heterocycles. The van der Waals surface area contributed by atoms with Gasteiger partial charge in [-0.2, -0.15) is 0 Å². The molecule has 3 aromatic rings. The van der Waals surface area contributed by atoms with Gasteiger partial charge in [-0.3, -0.25) is 4.79 Å². The van der Waals surface area contributed by atoms with E-state index in [1.54, 1.807) is 19.4 Å². The van der Waals surface area contributed by atoms with Crippen LogP contribution in [0.2, 0.25) is 0 Å². The summed E-state index contributed by atoms with van der Waals surface area (Å²) in [5, 5.41) is 2.97. The Morgan fingerprint density at radius 2 is 2.00 bits per heavy atom. The largest absolute Gasteiger partial charge is 0.494 e. The second-order valence-corrected chi connectivity index (χ2v) is 7.98. The number of carbonyl (C=O) groups is 1. The van der Waals surface area contributed by atoms with Crippen molar-refractivity contribution in [1.82, 2.24) is 10.3 Å². The Hall–Kier alpha value is -3.45. The van der Waals surface area contributed by atoms with Crippen molar-refractivity contribution < 1.29 is 18.7 Å². The number of benzene rings is 2. The van der Waals surface area contributed by atoms with Gasteiger partial charge in [0.2, 0.25) is 0 Å². The van der Waals surface area contributed by atoms with Crippen LogP contribution in [0, 0.1) is 5.82 Å². The van der Waals surface area contributed by atoms with Crippen LogP contribution < -0.4 is 15.0 Å². The summed E-state index contributed by atoms with van der Waals surface area (Å²) >= 11 is 0. The normalized spacial score (nSPS) is 12.5. The minimum atomic E-state index is -0.370. The minimum absolute atomic E-state index is 0.0620. The van der Waals surface area contributed by atoms with Crippen LogP contribution in [0.3, 0.4) is 0 Å². The first-order valence-electron chi connectivity index (χ1n) is 11.0. The van der Waals surface area contributed by atoms with Gasteiger partial charge >= 0.3 is 0 Å². The van der Waals surface area contributed by atoms with E-state index in [9.17, 15) is 9.18 Å². The molecule has 0 saturated heterocycles. The first-order valence-corrected chi connectivity index (χ1v) is 11.0. The Labute approximate surface area is 193 Å². The SMILES string of the molecule is COCCCNC(=O)c1cccc2c1CCN2c1cc(Cc2ccc(OC)c(F)c2)ccn1. The van der Waals surface area contributed by atoms with Crippen molar-refractivity contribution in [2.45, 2.75) is 19.3 Å². The van der Waals surface area contributed by atoms with Crippen molar-refractivity contribution in [3.63, 3.8) is 0 Å². The lowest BCUT2D eigenvalue weighted by atomic mass is 10.0. The van der Waals surface area contributed by atoms with Crippen molar-refractivity contribution in [3.8, 4) is 5.75 Å². The average Bonchev–Trinajstić information content (AvgIpc) is 3.26. The summed E-state index contributed by atoms with van der Waals surface area (Å²) in [6.07, 6.45) is 3.90. The number of halogens is 1. The highest BCUT2D eigenvalue weighted by Gasteiger charge is 2.26. The maximum Gasteiger partial charge on any atom is 0.251 e. The molecule has 1 aliphatic heterocycles. The van der Waals surface area contributed by atoms with Crippen molar-refractivity contribution >= 4 is 17.4 Å². The van der Waals surface area contributed by atoms with Gasteiger partial charge in [0, 0.05) is 44.3 Å². The number of methoxy groups -OCH3 is 2. The van der Waals surface area contributed by atoms with Crippen LogP contribution in [0.15, 0.2) is 54.7 Å². The van der Waals surface area contributed by atoms with Gasteiger partial charge in [-0.25, -0.2) is 9.37 Å². The lowest BCUT2D eigenvalue weighted by Crippen LogP contribution is -2.26. The molecule has 1 aromatic heterocycles. The Morgan fingerprint density at radius 1 is 1.15 bits per heavy atom. The van der Waals surface area contributed by atoms with Gasteiger partial charge in [0.1, 0.15) is 5.82 Å². The van der Waals surface area contributed by atoms with E-state index in [4.69, 9.17) is 9.47 Å². The fourth-order valence-electron chi connectivity index (χ4n) is 4.17.